The van der Waals surface area contributed by atoms with E-state index in [2.05, 4.69) is 10.3 Å². The Morgan fingerprint density at radius 2 is 1.48 bits per heavy atom. The van der Waals surface area contributed by atoms with Gasteiger partial charge in [0.05, 0.1) is 45.4 Å². The van der Waals surface area contributed by atoms with Gasteiger partial charge in [0.25, 0.3) is 5.69 Å². The van der Waals surface area contributed by atoms with Crippen LogP contribution in [0.4, 0.5) is 21.3 Å². The number of aliphatic hydroxyl groups is 1. The van der Waals surface area contributed by atoms with E-state index in [-0.39, 0.29) is 47.6 Å². The maximum absolute atomic E-state index is 16.3. The number of morpholine rings is 1. The smallest absolute Gasteiger partial charge is 0.421 e. The maximum atomic E-state index is 16.3. The molecule has 3 aliphatic rings. The summed E-state index contributed by atoms with van der Waals surface area (Å²) in [5.41, 5.74) is 0.960. The number of hydrogen-bond acceptors (Lipinski definition) is 13. The zero-order chi connectivity index (χ0) is 45.5. The fraction of sp³-hybridized carbons (Fsp3) is 0.180. The number of imide groups is 1. The summed E-state index contributed by atoms with van der Waals surface area (Å²) in [5.74, 6) is -3.69. The highest BCUT2D eigenvalue weighted by Crippen LogP contribution is 2.66. The largest absolute Gasteiger partial charge is 0.491 e. The van der Waals surface area contributed by atoms with Crippen molar-refractivity contribution in [2.24, 2.45) is 5.92 Å². The zero-order valence-electron chi connectivity index (χ0n) is 34.8. The number of nitro benzene ring substituents is 1. The first-order valence-electron chi connectivity index (χ1n) is 21.1. The van der Waals surface area contributed by atoms with Crippen LogP contribution in [0.2, 0.25) is 0 Å². The Morgan fingerprint density at radius 1 is 0.818 bits per heavy atom. The van der Waals surface area contributed by atoms with E-state index in [1.807, 2.05) is 89.8 Å². The summed E-state index contributed by atoms with van der Waals surface area (Å²) < 4.78 is 19.4. The topological polar surface area (TPSA) is 191 Å². The number of rotatable bonds is 11. The van der Waals surface area contributed by atoms with Gasteiger partial charge in [-0.1, -0.05) is 121 Å². The molecule has 2 N–H and O–H groups in total. The highest BCUT2D eigenvalue weighted by molar-refractivity contribution is 7.22. The number of nitro groups is 1. The van der Waals surface area contributed by atoms with Crippen molar-refractivity contribution in [2.75, 3.05) is 23.4 Å². The number of carbonyl (C=O) groups excluding carboxylic acids is 4. The van der Waals surface area contributed by atoms with Crippen LogP contribution in [0, 0.1) is 16.0 Å². The molecule has 0 radical (unpaired) electrons. The lowest BCUT2D eigenvalue weighted by Crippen LogP contribution is -2.54. The monoisotopic (exact) mass is 901 g/mol. The molecule has 16 heteroatoms. The average molecular weight is 902 g/mol. The summed E-state index contributed by atoms with van der Waals surface area (Å²) in [4.78, 5) is 80.2. The Kier molecular flexibility index (Phi) is 11.1. The molecule has 0 aliphatic carbocycles. The first-order valence-corrected chi connectivity index (χ1v) is 21.9. The van der Waals surface area contributed by atoms with Gasteiger partial charge in [0.2, 0.25) is 11.8 Å². The molecule has 2 saturated heterocycles. The van der Waals surface area contributed by atoms with Crippen molar-refractivity contribution < 1.29 is 43.4 Å². The van der Waals surface area contributed by atoms with Crippen molar-refractivity contribution in [3.05, 3.63) is 196 Å². The number of carbonyl (C=O) groups is 4. The molecule has 2 fully saturated rings. The van der Waals surface area contributed by atoms with Gasteiger partial charge in [-0.15, -0.1) is 0 Å². The molecular weight excluding hydrogens is 863 g/mol. The number of para-hydroxylation sites is 3. The number of nitrogens with zero attached hydrogens (tertiary/aromatic N) is 4. The van der Waals surface area contributed by atoms with Gasteiger partial charge in [-0.25, -0.2) is 14.7 Å². The van der Waals surface area contributed by atoms with E-state index in [4.69, 9.17) is 14.2 Å². The van der Waals surface area contributed by atoms with E-state index in [1.54, 1.807) is 48.5 Å². The number of benzene rings is 6. The van der Waals surface area contributed by atoms with Crippen LogP contribution in [0.15, 0.2) is 158 Å². The third-order valence-corrected chi connectivity index (χ3v) is 13.4. The van der Waals surface area contributed by atoms with Crippen LogP contribution in [0.5, 0.6) is 5.75 Å². The summed E-state index contributed by atoms with van der Waals surface area (Å²) in [6.45, 7) is -0.812. The standard InChI is InChI=1S/C50H39N5O10S/c56-27-28-63-38-21-11-7-17-34(38)44-50(35-18-8-10-20-37(35)53(47(50)59)49(60)64-29-30-23-25-33(26-24-30)55(61)62)40(45(57)52-48-51-36-19-9-12-22-39(36)66-48)42-46(58)65-43(32-15-5-2-6-16-32)41(54(42)44)31-13-3-1-4-14-31/h1-26,40-44,56H,27-29H2,(H,51,52,57). The second-order valence-corrected chi connectivity index (χ2v) is 17.0. The molecule has 6 atom stereocenters. The summed E-state index contributed by atoms with van der Waals surface area (Å²) in [6.07, 6.45) is -2.03. The van der Waals surface area contributed by atoms with Gasteiger partial charge < -0.3 is 24.6 Å². The number of aliphatic hydroxyl groups excluding tert-OH is 1. The van der Waals surface area contributed by atoms with Crippen molar-refractivity contribution >= 4 is 61.9 Å². The number of thiazole rings is 1. The molecule has 330 valence electrons. The van der Waals surface area contributed by atoms with Gasteiger partial charge in [0, 0.05) is 17.7 Å². The molecule has 0 bridgehead atoms. The average Bonchev–Trinajstić information content (AvgIpc) is 3.99. The van der Waals surface area contributed by atoms with Crippen LogP contribution in [0.25, 0.3) is 10.2 Å². The quantitative estimate of drug-likeness (QED) is 0.0720. The van der Waals surface area contributed by atoms with E-state index >= 15 is 14.4 Å². The van der Waals surface area contributed by atoms with Crippen molar-refractivity contribution in [3.63, 3.8) is 0 Å². The molecule has 66 heavy (non-hydrogen) atoms. The molecule has 6 unspecified atom stereocenters. The summed E-state index contributed by atoms with van der Waals surface area (Å²) in [7, 11) is 0. The van der Waals surface area contributed by atoms with E-state index in [0.717, 1.165) is 9.60 Å². The molecule has 1 spiro atoms. The molecule has 0 saturated carbocycles. The lowest BCUT2D eigenvalue weighted by molar-refractivity contribution is -0.384. The molecule has 7 aromatic rings. The minimum Gasteiger partial charge on any atom is -0.491 e. The number of hydrogen-bond donors (Lipinski definition) is 2. The zero-order valence-corrected chi connectivity index (χ0v) is 35.7. The minimum absolute atomic E-state index is 0.121. The highest BCUT2D eigenvalue weighted by Gasteiger charge is 2.76. The summed E-state index contributed by atoms with van der Waals surface area (Å²) >= 11 is 1.22. The second-order valence-electron chi connectivity index (χ2n) is 16.0. The first-order chi connectivity index (χ1) is 32.2. The fourth-order valence-corrected chi connectivity index (χ4v) is 10.7. The maximum Gasteiger partial charge on any atom is 0.421 e. The number of ether oxygens (including phenoxy) is 3. The third kappa shape index (κ3) is 7.02. The number of cyclic esters (lactones) is 1. The molecule has 3 amide bonds. The number of aromatic nitrogens is 1. The Balaban J connectivity index is 1.21. The Bertz CT molecular complexity index is 2970. The second kappa shape index (κ2) is 17.3. The van der Waals surface area contributed by atoms with Crippen molar-refractivity contribution in [1.82, 2.24) is 9.88 Å². The summed E-state index contributed by atoms with van der Waals surface area (Å²) in [5, 5.41) is 24.6. The van der Waals surface area contributed by atoms with Crippen LogP contribution >= 0.6 is 11.3 Å². The molecule has 10 rings (SSSR count). The number of amides is 3. The minimum atomic E-state index is -2.09. The number of esters is 1. The van der Waals surface area contributed by atoms with E-state index in [0.29, 0.717) is 27.8 Å². The van der Waals surface area contributed by atoms with Crippen molar-refractivity contribution in [3.8, 4) is 5.75 Å². The Hall–Kier alpha value is -7.79. The van der Waals surface area contributed by atoms with E-state index in [1.165, 1.54) is 35.6 Å². The molecule has 4 heterocycles. The molecular formula is C50H39N5O10S. The summed E-state index contributed by atoms with van der Waals surface area (Å²) in [6, 6.07) is 41.4. The third-order valence-electron chi connectivity index (χ3n) is 12.4. The van der Waals surface area contributed by atoms with Crippen molar-refractivity contribution in [1.29, 1.82) is 0 Å². The number of non-ortho nitro benzene ring substituents is 1. The van der Waals surface area contributed by atoms with E-state index < -0.39 is 64.4 Å². The Labute approximate surface area is 380 Å². The van der Waals surface area contributed by atoms with Crippen LogP contribution in [0.1, 0.15) is 46.0 Å². The normalized spacial score (nSPS) is 22.1. The first kappa shape index (κ1) is 42.2. The van der Waals surface area contributed by atoms with E-state index in [9.17, 15) is 20.0 Å². The molecule has 3 aliphatic heterocycles. The number of nitrogens with one attached hydrogen (secondary N) is 1. The van der Waals surface area contributed by atoms with Crippen LogP contribution in [-0.4, -0.2) is 63.0 Å². The Morgan fingerprint density at radius 3 is 2.21 bits per heavy atom. The number of fused-ring (bicyclic) bond motifs is 4. The van der Waals surface area contributed by atoms with Gasteiger partial charge in [0.1, 0.15) is 36.5 Å². The van der Waals surface area contributed by atoms with Gasteiger partial charge in [0.15, 0.2) is 5.13 Å². The van der Waals surface area contributed by atoms with Crippen LogP contribution < -0.4 is 15.0 Å². The van der Waals surface area contributed by atoms with Crippen LogP contribution in [-0.2, 0) is 35.9 Å². The fourth-order valence-electron chi connectivity index (χ4n) is 9.84. The van der Waals surface area contributed by atoms with Gasteiger partial charge in [-0.3, -0.25) is 29.4 Å². The molecule has 1 aromatic heterocycles. The van der Waals surface area contributed by atoms with Gasteiger partial charge in [-0.2, -0.15) is 0 Å². The molecule has 15 nitrogen and oxygen atoms in total. The van der Waals surface area contributed by atoms with Crippen LogP contribution in [0.3, 0.4) is 0 Å². The SMILES string of the molecule is O=C1OC(c2ccccc2)C(c2ccccc2)N2C1C(C(=O)Nc1nc3ccccc3s1)C1(C(=O)N(C(=O)OCc3ccc([N+](=O)[O-])cc3)c3ccccc31)C2c1ccccc1OCCO. The molecule has 6 aromatic carbocycles. The predicted molar refractivity (Wildman–Crippen MR) is 242 cm³/mol. The van der Waals surface area contributed by atoms with Crippen molar-refractivity contribution in [2.45, 2.75) is 36.3 Å². The van der Waals surface area contributed by atoms with Gasteiger partial charge >= 0.3 is 12.1 Å². The number of anilines is 2. The predicted octanol–water partition coefficient (Wildman–Crippen LogP) is 8.22. The lowest BCUT2D eigenvalue weighted by atomic mass is 9.65. The highest BCUT2D eigenvalue weighted by atomic mass is 32.1. The lowest BCUT2D eigenvalue weighted by Gasteiger charge is -2.46. The van der Waals surface area contributed by atoms with Gasteiger partial charge in [-0.05, 0) is 58.7 Å².